The molecule has 1 aromatic heterocycles. The molecule has 9 rings (SSSR count). The van der Waals surface area contributed by atoms with E-state index in [0.717, 1.165) is 11.4 Å². The largest absolute Gasteiger partial charge is 0.304 e. The first kappa shape index (κ1) is 25.2. The number of para-hydroxylation sites is 1. The van der Waals surface area contributed by atoms with Crippen molar-refractivity contribution in [3.05, 3.63) is 157 Å². The Balaban J connectivity index is 1.45. The predicted molar refractivity (Wildman–Crippen MR) is 183 cm³/mol. The van der Waals surface area contributed by atoms with E-state index in [4.69, 9.17) is 4.99 Å². The van der Waals surface area contributed by atoms with E-state index < -0.39 is 0 Å². The molecule has 4 heteroatoms. The molecule has 8 aromatic rings. The van der Waals surface area contributed by atoms with Gasteiger partial charge in [-0.15, -0.1) is 0 Å². The highest BCUT2D eigenvalue weighted by Gasteiger charge is 2.37. The minimum atomic E-state index is -0.265. The highest BCUT2D eigenvalue weighted by Crippen LogP contribution is 2.45. The van der Waals surface area contributed by atoms with Crippen molar-refractivity contribution in [2.45, 2.75) is 12.5 Å². The number of aliphatic imine (C=N–C) groups is 1. The van der Waals surface area contributed by atoms with E-state index in [1.54, 1.807) is 0 Å². The number of hydrogen-bond acceptors (Lipinski definition) is 2. The molecule has 4 nitrogen and oxygen atoms in total. The normalized spacial score (nSPS) is 17.6. The van der Waals surface area contributed by atoms with Crippen molar-refractivity contribution in [1.29, 1.82) is 0 Å². The summed E-state index contributed by atoms with van der Waals surface area (Å²) in [5, 5.41) is 12.5. The van der Waals surface area contributed by atoms with Crippen LogP contribution in [-0.4, -0.2) is 22.4 Å². The molecule has 2 N–H and O–H groups in total. The third-order valence-electron chi connectivity index (χ3n) is 9.38. The van der Waals surface area contributed by atoms with Crippen LogP contribution >= 0.6 is 0 Å². The van der Waals surface area contributed by atoms with Crippen LogP contribution < -0.4 is 5.32 Å². The number of nitrogens with zero attached hydrogens (tertiary/aromatic N) is 3. The Labute approximate surface area is 255 Å². The van der Waals surface area contributed by atoms with Crippen LogP contribution in [0.15, 0.2) is 151 Å². The van der Waals surface area contributed by atoms with Gasteiger partial charge in [-0.3, -0.25) is 5.32 Å². The Bertz CT molecular complexity index is 2390. The van der Waals surface area contributed by atoms with Crippen LogP contribution in [0.3, 0.4) is 0 Å². The standard InChI is InChI=1S/C40H30N4/c1-43-39(28-17-6-3-7-18-28)41-38(27-15-4-2-5-16-27)42-40(43)44-34-23-13-12-22-33(34)36-35-29-19-9-8-14-26(29)24-25-31(35)30-20-10-11-21-32(30)37(36)44/h2-25,39-40H,1H3,(H,41,42)/p+1. The third kappa shape index (κ3) is 3.69. The molecule has 7 aromatic carbocycles. The molecule has 44 heavy (non-hydrogen) atoms. The van der Waals surface area contributed by atoms with Gasteiger partial charge in [0.1, 0.15) is 0 Å². The highest BCUT2D eigenvalue weighted by atomic mass is 15.5. The predicted octanol–water partition coefficient (Wildman–Crippen LogP) is 8.36. The van der Waals surface area contributed by atoms with Gasteiger partial charge in [0.15, 0.2) is 12.5 Å². The maximum atomic E-state index is 5.55. The molecule has 0 radical (unpaired) electrons. The van der Waals surface area contributed by atoms with Crippen LogP contribution in [-0.2, 0) is 0 Å². The van der Waals surface area contributed by atoms with Crippen LogP contribution in [0.1, 0.15) is 23.6 Å². The minimum Gasteiger partial charge on any atom is -0.304 e. The van der Waals surface area contributed by atoms with Gasteiger partial charge in [-0.25, -0.2) is 4.90 Å². The first-order valence-electron chi connectivity index (χ1n) is 15.3. The zero-order valence-corrected chi connectivity index (χ0v) is 24.4. The van der Waals surface area contributed by atoms with E-state index in [1.165, 1.54) is 59.7 Å². The molecule has 0 amide bonds. The summed E-state index contributed by atoms with van der Waals surface area (Å²) in [6, 6.07) is 52.5. The lowest BCUT2D eigenvalue weighted by Gasteiger charge is -2.36. The van der Waals surface area contributed by atoms with Crippen LogP contribution in [0, 0.1) is 0 Å². The molecule has 0 saturated heterocycles. The first-order chi connectivity index (χ1) is 21.8. The molecular weight excluding hydrogens is 536 g/mol. The lowest BCUT2D eigenvalue weighted by atomic mass is 9.93. The van der Waals surface area contributed by atoms with E-state index in [1.807, 2.05) is 0 Å². The molecule has 210 valence electrons. The molecule has 2 unspecified atom stereocenters. The molecular formula is C40H31N4+. The Morgan fingerprint density at radius 3 is 1.98 bits per heavy atom. The molecule has 0 fully saturated rings. The van der Waals surface area contributed by atoms with E-state index in [9.17, 15) is 0 Å². The number of fused-ring (bicyclic) bond motifs is 10. The number of nitrogens with two attached hydrogens (primary N) is 1. The molecule has 1 aliphatic heterocycles. The van der Waals surface area contributed by atoms with Gasteiger partial charge in [0, 0.05) is 27.1 Å². The van der Waals surface area contributed by atoms with Crippen LogP contribution in [0.5, 0.6) is 0 Å². The third-order valence-corrected chi connectivity index (χ3v) is 9.38. The van der Waals surface area contributed by atoms with Crippen molar-refractivity contribution < 1.29 is 5.32 Å². The number of amidine groups is 1. The van der Waals surface area contributed by atoms with Crippen LogP contribution in [0.25, 0.3) is 54.1 Å². The second-order valence-electron chi connectivity index (χ2n) is 11.8. The van der Waals surface area contributed by atoms with Crippen molar-refractivity contribution in [1.82, 2.24) is 9.47 Å². The molecule has 2 heterocycles. The zero-order valence-electron chi connectivity index (χ0n) is 24.4. The summed E-state index contributed by atoms with van der Waals surface area (Å²) in [6.07, 6.45) is -0.212. The summed E-state index contributed by atoms with van der Waals surface area (Å²) in [5.74, 6) is 1.02. The molecule has 0 saturated carbocycles. The Hall–Kier alpha value is -5.29. The summed E-state index contributed by atoms with van der Waals surface area (Å²) in [4.78, 5) is 7.96. The van der Waals surface area contributed by atoms with Crippen molar-refractivity contribution in [3.63, 3.8) is 0 Å². The maximum Gasteiger partial charge on any atom is 0.231 e. The molecule has 1 aliphatic rings. The first-order valence-corrected chi connectivity index (χ1v) is 15.3. The molecule has 0 bridgehead atoms. The zero-order chi connectivity index (χ0) is 29.2. The van der Waals surface area contributed by atoms with Gasteiger partial charge in [0.25, 0.3) is 0 Å². The fourth-order valence-corrected chi connectivity index (χ4v) is 7.38. The number of quaternary nitrogens is 1. The van der Waals surface area contributed by atoms with Crippen molar-refractivity contribution >= 4 is 60.0 Å². The van der Waals surface area contributed by atoms with Crippen molar-refractivity contribution in [2.24, 2.45) is 4.99 Å². The Morgan fingerprint density at radius 1 is 0.545 bits per heavy atom. The topological polar surface area (TPSA) is 37.1 Å². The molecule has 0 aliphatic carbocycles. The second-order valence-corrected chi connectivity index (χ2v) is 11.8. The quantitative estimate of drug-likeness (QED) is 0.214. The fourth-order valence-electron chi connectivity index (χ4n) is 7.38. The molecule has 0 spiro atoms. The Morgan fingerprint density at radius 2 is 1.18 bits per heavy atom. The minimum absolute atomic E-state index is 0.0534. The summed E-state index contributed by atoms with van der Waals surface area (Å²) < 4.78 is 2.50. The summed E-state index contributed by atoms with van der Waals surface area (Å²) >= 11 is 0. The van der Waals surface area contributed by atoms with E-state index in [0.29, 0.717) is 0 Å². The highest BCUT2D eigenvalue weighted by molar-refractivity contribution is 6.36. The average Bonchev–Trinajstić information content (AvgIpc) is 3.44. The van der Waals surface area contributed by atoms with Crippen molar-refractivity contribution in [2.75, 3.05) is 7.05 Å². The summed E-state index contributed by atoms with van der Waals surface area (Å²) in [7, 11) is 2.21. The molecule has 2 atom stereocenters. The van der Waals surface area contributed by atoms with Crippen molar-refractivity contribution in [3.8, 4) is 0 Å². The van der Waals surface area contributed by atoms with E-state index in [-0.39, 0.29) is 12.5 Å². The van der Waals surface area contributed by atoms with Gasteiger partial charge in [-0.05, 0) is 46.8 Å². The lowest BCUT2D eigenvalue weighted by Crippen LogP contribution is -2.93. The Kier molecular flexibility index (Phi) is 5.67. The van der Waals surface area contributed by atoms with Crippen LogP contribution in [0.2, 0.25) is 0 Å². The van der Waals surface area contributed by atoms with E-state index in [2.05, 4.69) is 167 Å². The average molecular weight is 568 g/mol. The van der Waals surface area contributed by atoms with Gasteiger partial charge >= 0.3 is 0 Å². The van der Waals surface area contributed by atoms with Gasteiger partial charge in [0.2, 0.25) is 5.84 Å². The summed E-state index contributed by atoms with van der Waals surface area (Å²) in [5.41, 5.74) is 4.81. The number of benzene rings is 7. The van der Waals surface area contributed by atoms with Gasteiger partial charge in [0.05, 0.1) is 16.6 Å². The summed E-state index contributed by atoms with van der Waals surface area (Å²) in [6.45, 7) is 0. The van der Waals surface area contributed by atoms with E-state index >= 15 is 0 Å². The SMILES string of the molecule is CN1C(c2ccccc2)[NH2+]C(c2ccccc2)=NC1n1c2ccccc2c2c3c4ccccc4ccc3c3ccccc3c21. The number of rotatable bonds is 3. The smallest absolute Gasteiger partial charge is 0.231 e. The van der Waals surface area contributed by atoms with Gasteiger partial charge < -0.3 is 4.57 Å². The van der Waals surface area contributed by atoms with Crippen LogP contribution in [0.4, 0.5) is 0 Å². The monoisotopic (exact) mass is 567 g/mol. The number of aromatic nitrogens is 1. The van der Waals surface area contributed by atoms with Gasteiger partial charge in [-0.2, -0.15) is 4.99 Å². The number of hydrogen-bond donors (Lipinski definition) is 1. The fraction of sp³-hybridized carbons (Fsp3) is 0.0750. The van der Waals surface area contributed by atoms with Gasteiger partial charge in [-0.1, -0.05) is 127 Å². The lowest BCUT2D eigenvalue weighted by molar-refractivity contribution is -0.623. The maximum absolute atomic E-state index is 5.55. The second kappa shape index (κ2) is 9.88.